The van der Waals surface area contributed by atoms with Gasteiger partial charge < -0.3 is 5.11 Å². The van der Waals surface area contributed by atoms with Gasteiger partial charge in [0.2, 0.25) is 0 Å². The molecule has 0 aromatic rings. The lowest BCUT2D eigenvalue weighted by molar-refractivity contribution is 0.223. The van der Waals surface area contributed by atoms with Crippen molar-refractivity contribution in [2.45, 2.75) is 18.9 Å². The molecule has 0 aliphatic heterocycles. The number of hydrogen-bond acceptors (Lipinski definition) is 1. The fourth-order valence-corrected chi connectivity index (χ4v) is 0.534. The monoisotopic (exact) mass is 83.0 g/mol. The van der Waals surface area contributed by atoms with Crippen LogP contribution in [0.2, 0.25) is 0 Å². The zero-order valence-electron chi connectivity index (χ0n) is 3.52. The molecule has 0 fully saturated rings. The molecule has 6 heavy (non-hydrogen) atoms. The van der Waals surface area contributed by atoms with Crippen LogP contribution in [0.4, 0.5) is 0 Å². The van der Waals surface area contributed by atoms with Crippen molar-refractivity contribution in [3.63, 3.8) is 0 Å². The summed E-state index contributed by atoms with van der Waals surface area (Å²) in [5.41, 5.74) is 0. The average Bonchev–Trinajstić information content (AvgIpc) is 1.86. The molecule has 0 aromatic carbocycles. The van der Waals surface area contributed by atoms with Gasteiger partial charge in [0.25, 0.3) is 0 Å². The molecule has 0 bridgehead atoms. The number of hydrogen-bond donors (Lipinski definition) is 1. The van der Waals surface area contributed by atoms with Crippen molar-refractivity contribution in [1.82, 2.24) is 0 Å². The molecule has 1 nitrogen and oxygen atoms in total. The van der Waals surface area contributed by atoms with E-state index in [9.17, 15) is 0 Å². The van der Waals surface area contributed by atoms with Gasteiger partial charge in [0.1, 0.15) is 0 Å². The lowest BCUT2D eigenvalue weighted by Crippen LogP contribution is -1.93. The molecule has 0 heterocycles. The van der Waals surface area contributed by atoms with E-state index in [-0.39, 0.29) is 6.10 Å². The highest BCUT2D eigenvalue weighted by atomic mass is 16.3. The van der Waals surface area contributed by atoms with Crippen LogP contribution in [0.5, 0.6) is 0 Å². The largest absolute Gasteiger partial charge is 0.389 e. The van der Waals surface area contributed by atoms with Gasteiger partial charge in [0, 0.05) is 0 Å². The van der Waals surface area contributed by atoms with E-state index in [0.29, 0.717) is 0 Å². The van der Waals surface area contributed by atoms with E-state index in [0.717, 1.165) is 12.8 Å². The van der Waals surface area contributed by atoms with Crippen molar-refractivity contribution < 1.29 is 5.11 Å². The third-order valence-corrected chi connectivity index (χ3v) is 0.895. The molecule has 1 unspecified atom stereocenters. The van der Waals surface area contributed by atoms with Crippen molar-refractivity contribution >= 4 is 0 Å². The van der Waals surface area contributed by atoms with Gasteiger partial charge in [-0.25, -0.2) is 0 Å². The van der Waals surface area contributed by atoms with Gasteiger partial charge in [-0.3, -0.25) is 0 Å². The summed E-state index contributed by atoms with van der Waals surface area (Å²) in [4.78, 5) is 0. The van der Waals surface area contributed by atoms with Crippen LogP contribution in [0.1, 0.15) is 12.8 Å². The molecule has 0 saturated heterocycles. The van der Waals surface area contributed by atoms with Crippen molar-refractivity contribution in [3.05, 3.63) is 12.2 Å². The Labute approximate surface area is 37.3 Å². The Bertz CT molecular complexity index is 66.3. The van der Waals surface area contributed by atoms with Gasteiger partial charge in [-0.15, -0.1) is 0 Å². The van der Waals surface area contributed by atoms with Crippen LogP contribution in [0, 0.1) is 6.08 Å². The van der Waals surface area contributed by atoms with E-state index in [4.69, 9.17) is 5.11 Å². The molecule has 0 aromatic heterocycles. The molecule has 0 amide bonds. The first-order chi connectivity index (χ1) is 2.89. The smallest absolute Gasteiger partial charge is 0.0729 e. The minimum Gasteiger partial charge on any atom is -0.389 e. The Morgan fingerprint density at radius 1 is 1.83 bits per heavy atom. The molecule has 1 rings (SSSR count). The molecule has 0 saturated carbocycles. The van der Waals surface area contributed by atoms with Crippen molar-refractivity contribution in [3.8, 4) is 0 Å². The predicted molar refractivity (Wildman–Crippen MR) is 23.1 cm³/mol. The molecule has 1 atom stereocenters. The number of aliphatic hydroxyl groups excluding tert-OH is 1. The second kappa shape index (κ2) is 1.43. The Morgan fingerprint density at radius 3 is 2.83 bits per heavy atom. The maximum absolute atomic E-state index is 8.61. The minimum atomic E-state index is -0.190. The Kier molecular flexibility index (Phi) is 0.926. The average molecular weight is 83.1 g/mol. The van der Waals surface area contributed by atoms with E-state index in [1.54, 1.807) is 6.08 Å². The van der Waals surface area contributed by atoms with Crippen molar-refractivity contribution in [2.24, 2.45) is 0 Å². The van der Waals surface area contributed by atoms with E-state index in [1.807, 2.05) is 0 Å². The van der Waals surface area contributed by atoms with Gasteiger partial charge in [0.05, 0.1) is 6.10 Å². The molecule has 1 radical (unpaired) electrons. The predicted octanol–water partition coefficient (Wildman–Crippen LogP) is 0.500. The molecule has 33 valence electrons. The molecule has 0 spiro atoms. The summed E-state index contributed by atoms with van der Waals surface area (Å²) >= 11 is 0. The highest BCUT2D eigenvalue weighted by Gasteiger charge is 2.01. The topological polar surface area (TPSA) is 20.2 Å². The van der Waals surface area contributed by atoms with Crippen LogP contribution >= 0.6 is 0 Å². The summed E-state index contributed by atoms with van der Waals surface area (Å²) in [7, 11) is 0. The number of allylic oxidation sites excluding steroid dienone is 1. The summed E-state index contributed by atoms with van der Waals surface area (Å²) in [5, 5.41) is 8.61. The van der Waals surface area contributed by atoms with Crippen LogP contribution in [0.3, 0.4) is 0 Å². The van der Waals surface area contributed by atoms with E-state index >= 15 is 0 Å². The van der Waals surface area contributed by atoms with E-state index in [1.165, 1.54) is 0 Å². The van der Waals surface area contributed by atoms with Gasteiger partial charge in [0.15, 0.2) is 0 Å². The Morgan fingerprint density at radius 2 is 2.67 bits per heavy atom. The summed E-state index contributed by atoms with van der Waals surface area (Å²) in [6.45, 7) is 0. The summed E-state index contributed by atoms with van der Waals surface area (Å²) < 4.78 is 0. The molecule has 1 heteroatoms. The van der Waals surface area contributed by atoms with Gasteiger partial charge in [-0.05, 0) is 18.9 Å². The number of rotatable bonds is 0. The maximum atomic E-state index is 8.61. The van der Waals surface area contributed by atoms with Crippen LogP contribution in [-0.2, 0) is 0 Å². The highest BCUT2D eigenvalue weighted by Crippen LogP contribution is 2.05. The Balaban J connectivity index is 2.38. The fourth-order valence-electron chi connectivity index (χ4n) is 0.534. The maximum Gasteiger partial charge on any atom is 0.0729 e. The third kappa shape index (κ3) is 0.601. The van der Waals surface area contributed by atoms with Crippen molar-refractivity contribution in [1.29, 1.82) is 0 Å². The van der Waals surface area contributed by atoms with Crippen LogP contribution < -0.4 is 0 Å². The molecule has 1 aliphatic carbocycles. The number of aliphatic hydroxyl groups is 1. The van der Waals surface area contributed by atoms with E-state index in [2.05, 4.69) is 6.08 Å². The van der Waals surface area contributed by atoms with Crippen LogP contribution in [0.15, 0.2) is 6.08 Å². The normalized spacial score (nSPS) is 31.8. The molecule has 1 aliphatic rings. The molecule has 1 N–H and O–H groups in total. The fraction of sp³-hybridized carbons (Fsp3) is 0.600. The van der Waals surface area contributed by atoms with Crippen molar-refractivity contribution in [2.75, 3.05) is 0 Å². The van der Waals surface area contributed by atoms with E-state index < -0.39 is 0 Å². The molecular weight excluding hydrogens is 76.1 g/mol. The van der Waals surface area contributed by atoms with Gasteiger partial charge >= 0.3 is 0 Å². The highest BCUT2D eigenvalue weighted by molar-refractivity contribution is 4.89. The zero-order chi connectivity index (χ0) is 4.41. The first-order valence-corrected chi connectivity index (χ1v) is 2.14. The molecular formula is C5H7O. The lowest BCUT2D eigenvalue weighted by atomic mass is 10.3. The summed E-state index contributed by atoms with van der Waals surface area (Å²) in [6.07, 6.45) is 6.22. The summed E-state index contributed by atoms with van der Waals surface area (Å²) in [6, 6.07) is 0. The first-order valence-electron chi connectivity index (χ1n) is 2.14. The Hall–Kier alpha value is -0.300. The van der Waals surface area contributed by atoms with Gasteiger partial charge in [-0.1, -0.05) is 6.08 Å². The first kappa shape index (κ1) is 3.88. The summed E-state index contributed by atoms with van der Waals surface area (Å²) in [5.74, 6) is 0. The zero-order valence-corrected chi connectivity index (χ0v) is 3.52. The van der Waals surface area contributed by atoms with Crippen LogP contribution in [-0.4, -0.2) is 11.2 Å². The quantitative estimate of drug-likeness (QED) is 0.452. The third-order valence-electron chi connectivity index (χ3n) is 0.895. The lowest BCUT2D eigenvalue weighted by Gasteiger charge is -1.89. The second-order valence-electron chi connectivity index (χ2n) is 1.48. The van der Waals surface area contributed by atoms with Crippen LogP contribution in [0.25, 0.3) is 0 Å². The van der Waals surface area contributed by atoms with Gasteiger partial charge in [-0.2, -0.15) is 0 Å². The SMILES string of the molecule is OC1C=[C]CC1. The minimum absolute atomic E-state index is 0.190. The second-order valence-corrected chi connectivity index (χ2v) is 1.48. The standard InChI is InChI=1S/C5H7O/c6-5-3-1-2-4-5/h4-6H,1,3H2.